The van der Waals surface area contributed by atoms with Gasteiger partial charge in [0.2, 0.25) is 0 Å². The molecule has 0 aliphatic heterocycles. The van der Waals surface area contributed by atoms with Gasteiger partial charge in [0.05, 0.1) is 0 Å². The monoisotopic (exact) mass is 746 g/mol. The molecular weight excluding hydrogens is 713 g/mol. The van der Waals surface area contributed by atoms with Crippen molar-refractivity contribution >= 4 is 97.3 Å². The molecule has 1 heterocycles. The first kappa shape index (κ1) is 32.4. The van der Waals surface area contributed by atoms with Gasteiger partial charge in [0.15, 0.2) is 0 Å². The summed E-state index contributed by atoms with van der Waals surface area (Å²) < 4.78 is 6.72. The maximum atomic E-state index is 6.72. The van der Waals surface area contributed by atoms with Gasteiger partial charge in [-0.25, -0.2) is 0 Å². The Hall–Kier alpha value is -7.74. The molecule has 59 heavy (non-hydrogen) atoms. The molecule has 0 aliphatic carbocycles. The number of rotatable bonds is 3. The first-order valence-corrected chi connectivity index (χ1v) is 20.4. The Kier molecular flexibility index (Phi) is 6.79. The summed E-state index contributed by atoms with van der Waals surface area (Å²) in [5.74, 6) is 0. The smallest absolute Gasteiger partial charge is 0.136 e. The molecule has 0 amide bonds. The Balaban J connectivity index is 1.09. The summed E-state index contributed by atoms with van der Waals surface area (Å²) in [6, 6.07) is 75.8. The fourth-order valence-corrected chi connectivity index (χ4v) is 10.3. The van der Waals surface area contributed by atoms with Gasteiger partial charge < -0.3 is 4.42 Å². The maximum Gasteiger partial charge on any atom is 0.136 e. The Labute approximate surface area is 340 Å². The van der Waals surface area contributed by atoms with Crippen LogP contribution >= 0.6 is 0 Å². The lowest BCUT2D eigenvalue weighted by atomic mass is 9.81. The molecule has 0 radical (unpaired) electrons. The predicted molar refractivity (Wildman–Crippen MR) is 253 cm³/mol. The Morgan fingerprint density at radius 2 is 0.627 bits per heavy atom. The highest BCUT2D eigenvalue weighted by Crippen LogP contribution is 2.50. The zero-order valence-corrected chi connectivity index (χ0v) is 32.0. The van der Waals surface area contributed by atoms with Crippen molar-refractivity contribution in [2.24, 2.45) is 0 Å². The van der Waals surface area contributed by atoms with Crippen LogP contribution in [-0.4, -0.2) is 0 Å². The van der Waals surface area contributed by atoms with E-state index in [0.29, 0.717) is 0 Å². The Bertz CT molecular complexity index is 3790. The third-order valence-corrected chi connectivity index (χ3v) is 12.8. The van der Waals surface area contributed by atoms with Crippen molar-refractivity contribution in [1.82, 2.24) is 0 Å². The van der Waals surface area contributed by atoms with Crippen LogP contribution in [0.1, 0.15) is 0 Å². The van der Waals surface area contributed by atoms with E-state index in [1.54, 1.807) is 0 Å². The molecule has 0 N–H and O–H groups in total. The molecule has 0 saturated carbocycles. The Morgan fingerprint density at radius 1 is 0.220 bits per heavy atom. The summed E-state index contributed by atoms with van der Waals surface area (Å²) in [6.45, 7) is 0. The van der Waals surface area contributed by atoms with Crippen LogP contribution in [0.2, 0.25) is 0 Å². The molecule has 1 aromatic heterocycles. The van der Waals surface area contributed by atoms with Crippen LogP contribution in [0.15, 0.2) is 211 Å². The van der Waals surface area contributed by atoms with Crippen molar-refractivity contribution in [2.45, 2.75) is 0 Å². The molecule has 1 nitrogen and oxygen atoms in total. The number of hydrogen-bond donors (Lipinski definition) is 0. The predicted octanol–water partition coefficient (Wildman–Crippen LogP) is 16.7. The lowest BCUT2D eigenvalue weighted by Gasteiger charge is -2.22. The minimum atomic E-state index is 0.900. The van der Waals surface area contributed by atoms with Crippen molar-refractivity contribution in [3.8, 4) is 33.4 Å². The largest absolute Gasteiger partial charge is 0.456 e. The number of hydrogen-bond acceptors (Lipinski definition) is 1. The van der Waals surface area contributed by atoms with Crippen molar-refractivity contribution in [3.63, 3.8) is 0 Å². The molecule has 13 rings (SSSR count). The zero-order chi connectivity index (χ0) is 38.6. The molecule has 272 valence electrons. The number of benzene rings is 12. The summed E-state index contributed by atoms with van der Waals surface area (Å²) in [5, 5.41) is 19.7. The van der Waals surface area contributed by atoms with E-state index in [0.717, 1.165) is 22.1 Å². The molecule has 13 aromatic rings. The van der Waals surface area contributed by atoms with E-state index in [-0.39, 0.29) is 0 Å². The summed E-state index contributed by atoms with van der Waals surface area (Å²) >= 11 is 0. The van der Waals surface area contributed by atoms with E-state index in [1.807, 2.05) is 0 Å². The normalized spacial score (nSPS) is 12.1. The molecule has 12 aromatic carbocycles. The van der Waals surface area contributed by atoms with Gasteiger partial charge in [-0.3, -0.25) is 0 Å². The van der Waals surface area contributed by atoms with Crippen LogP contribution in [0.4, 0.5) is 0 Å². The third-order valence-electron chi connectivity index (χ3n) is 12.8. The van der Waals surface area contributed by atoms with Crippen LogP contribution < -0.4 is 0 Å². The summed E-state index contributed by atoms with van der Waals surface area (Å²) in [5.41, 5.74) is 9.22. The molecule has 0 saturated heterocycles. The van der Waals surface area contributed by atoms with Crippen LogP contribution in [0.25, 0.3) is 131 Å². The van der Waals surface area contributed by atoms with Crippen molar-refractivity contribution < 1.29 is 4.42 Å². The van der Waals surface area contributed by atoms with Gasteiger partial charge in [0.1, 0.15) is 11.2 Å². The molecule has 0 unspecified atom stereocenters. The summed E-state index contributed by atoms with van der Waals surface area (Å²) in [7, 11) is 0. The van der Waals surface area contributed by atoms with Crippen LogP contribution in [0.5, 0.6) is 0 Å². The second kappa shape index (κ2) is 12.4. The minimum absolute atomic E-state index is 0.900. The van der Waals surface area contributed by atoms with Gasteiger partial charge in [-0.15, -0.1) is 0 Å². The fraction of sp³-hybridized carbons (Fsp3) is 0. The van der Waals surface area contributed by atoms with E-state index < -0.39 is 0 Å². The summed E-state index contributed by atoms with van der Waals surface area (Å²) in [4.78, 5) is 0. The molecule has 1 heteroatoms. The fourth-order valence-electron chi connectivity index (χ4n) is 10.3. The average Bonchev–Trinajstić information content (AvgIpc) is 3.68. The van der Waals surface area contributed by atoms with Crippen LogP contribution in [0.3, 0.4) is 0 Å². The van der Waals surface area contributed by atoms with Gasteiger partial charge in [-0.05, 0) is 133 Å². The SMILES string of the molecule is c1ccc2cc(-c3c4ccccc4c(-c4c5ccccc5c(-c5ccc6c(c5)oc5ccc7c8ccccc8ccc7c56)c5ccccc45)c4ccccc34)ccc2c1. The first-order valence-electron chi connectivity index (χ1n) is 20.4. The third kappa shape index (κ3) is 4.67. The zero-order valence-electron chi connectivity index (χ0n) is 32.0. The molecule has 0 atom stereocenters. The van der Waals surface area contributed by atoms with Crippen LogP contribution in [-0.2, 0) is 0 Å². The highest BCUT2D eigenvalue weighted by molar-refractivity contribution is 6.30. The maximum absolute atomic E-state index is 6.72. The van der Waals surface area contributed by atoms with E-state index in [9.17, 15) is 0 Å². The lowest BCUT2D eigenvalue weighted by molar-refractivity contribution is 0.669. The van der Waals surface area contributed by atoms with Crippen LogP contribution in [0, 0.1) is 0 Å². The van der Waals surface area contributed by atoms with Gasteiger partial charge >= 0.3 is 0 Å². The highest BCUT2D eigenvalue weighted by Gasteiger charge is 2.23. The van der Waals surface area contributed by atoms with E-state index in [2.05, 4.69) is 206 Å². The number of fused-ring (bicyclic) bond motifs is 12. The molecule has 0 aliphatic rings. The molecular formula is C58H34O. The Morgan fingerprint density at radius 3 is 1.20 bits per heavy atom. The minimum Gasteiger partial charge on any atom is -0.456 e. The van der Waals surface area contributed by atoms with Crippen molar-refractivity contribution in [3.05, 3.63) is 206 Å². The topological polar surface area (TPSA) is 13.1 Å². The molecule has 0 fully saturated rings. The molecule has 0 bridgehead atoms. The summed E-state index contributed by atoms with van der Waals surface area (Å²) in [6.07, 6.45) is 0. The van der Waals surface area contributed by atoms with E-state index in [4.69, 9.17) is 4.42 Å². The van der Waals surface area contributed by atoms with Crippen molar-refractivity contribution in [2.75, 3.05) is 0 Å². The van der Waals surface area contributed by atoms with Crippen molar-refractivity contribution in [1.29, 1.82) is 0 Å². The van der Waals surface area contributed by atoms with Gasteiger partial charge in [0, 0.05) is 10.8 Å². The number of furan rings is 1. The molecule has 0 spiro atoms. The first-order chi connectivity index (χ1) is 29.3. The lowest BCUT2D eigenvalue weighted by Crippen LogP contribution is -1.94. The van der Waals surface area contributed by atoms with Gasteiger partial charge in [0.25, 0.3) is 0 Å². The van der Waals surface area contributed by atoms with Gasteiger partial charge in [-0.2, -0.15) is 0 Å². The quantitative estimate of drug-likeness (QED) is 0.130. The van der Waals surface area contributed by atoms with Gasteiger partial charge in [-0.1, -0.05) is 182 Å². The second-order valence-corrected chi connectivity index (χ2v) is 15.9. The van der Waals surface area contributed by atoms with E-state index >= 15 is 0 Å². The highest BCUT2D eigenvalue weighted by atomic mass is 16.3. The second-order valence-electron chi connectivity index (χ2n) is 15.9. The standard InChI is InChI=1S/C58H34O/c1-2-15-37-33-38(26-25-35(37)13-1)54-42-17-5-9-21-46(42)57(47-22-10-6-18-43(47)54)58-48-23-11-7-19-44(48)55(45-20-8-12-24-49(45)58)39-28-30-51-53(34-39)59-52-32-31-41-40-16-4-3-14-36(40)27-29-50(41)56(51)52/h1-34H. The van der Waals surface area contributed by atoms with E-state index in [1.165, 1.54) is 109 Å². The average molecular weight is 747 g/mol.